The quantitative estimate of drug-likeness (QED) is 0.847. The minimum Gasteiger partial charge on any atom is -0.342 e. The number of halogens is 1. The van der Waals surface area contributed by atoms with Crippen molar-refractivity contribution in [2.75, 3.05) is 19.6 Å². The van der Waals surface area contributed by atoms with Crippen LogP contribution in [0.3, 0.4) is 0 Å². The molecule has 1 amide bonds. The molecule has 1 spiro atoms. The minimum absolute atomic E-state index is 0. The average Bonchev–Trinajstić information content (AvgIpc) is 3.01. The van der Waals surface area contributed by atoms with Crippen LogP contribution in [0.5, 0.6) is 0 Å². The van der Waals surface area contributed by atoms with Gasteiger partial charge in [0.15, 0.2) is 0 Å². The second-order valence-electron chi connectivity index (χ2n) is 6.62. The molecule has 1 saturated carbocycles. The van der Waals surface area contributed by atoms with E-state index in [9.17, 15) is 4.79 Å². The number of likely N-dealkylation sites (tertiary alicyclic amines) is 1. The predicted molar refractivity (Wildman–Crippen MR) is 79.6 cm³/mol. The summed E-state index contributed by atoms with van der Waals surface area (Å²) in [6.07, 6.45) is 11.3. The molecule has 3 fully saturated rings. The van der Waals surface area contributed by atoms with Crippen molar-refractivity contribution in [2.45, 2.75) is 63.8 Å². The monoisotopic (exact) mass is 286 g/mol. The molecule has 0 bridgehead atoms. The van der Waals surface area contributed by atoms with Crippen molar-refractivity contribution in [3.63, 3.8) is 0 Å². The second kappa shape index (κ2) is 6.45. The zero-order valence-electron chi connectivity index (χ0n) is 11.8. The molecule has 4 heteroatoms. The van der Waals surface area contributed by atoms with Crippen molar-refractivity contribution < 1.29 is 4.79 Å². The summed E-state index contributed by atoms with van der Waals surface area (Å²) in [6, 6.07) is 0.459. The molecule has 0 aromatic rings. The van der Waals surface area contributed by atoms with Crippen LogP contribution in [0.4, 0.5) is 0 Å². The van der Waals surface area contributed by atoms with Gasteiger partial charge in [-0.2, -0.15) is 0 Å². The van der Waals surface area contributed by atoms with Crippen LogP contribution in [-0.4, -0.2) is 36.5 Å². The predicted octanol–water partition coefficient (Wildman–Crippen LogP) is 2.73. The van der Waals surface area contributed by atoms with Gasteiger partial charge >= 0.3 is 0 Å². The van der Waals surface area contributed by atoms with Gasteiger partial charge in [-0.15, -0.1) is 12.4 Å². The molecule has 3 rings (SSSR count). The highest BCUT2D eigenvalue weighted by atomic mass is 35.5. The number of amides is 1. The molecule has 110 valence electrons. The number of nitrogens with one attached hydrogen (secondary N) is 1. The van der Waals surface area contributed by atoms with E-state index in [0.29, 0.717) is 17.4 Å². The fraction of sp³-hybridized carbons (Fsp3) is 0.933. The third-order valence-electron chi connectivity index (χ3n) is 5.29. The molecule has 3 nitrogen and oxygen atoms in total. The lowest BCUT2D eigenvalue weighted by Gasteiger charge is -2.33. The maximum Gasteiger partial charge on any atom is 0.224 e. The van der Waals surface area contributed by atoms with Gasteiger partial charge in [0.25, 0.3) is 0 Å². The van der Waals surface area contributed by atoms with Gasteiger partial charge in [-0.25, -0.2) is 0 Å². The molecule has 0 aromatic heterocycles. The number of hydrogen-bond acceptors (Lipinski definition) is 2. The first-order valence-corrected chi connectivity index (χ1v) is 7.79. The Morgan fingerprint density at radius 3 is 2.63 bits per heavy atom. The fourth-order valence-electron chi connectivity index (χ4n) is 4.13. The highest BCUT2D eigenvalue weighted by Crippen LogP contribution is 2.43. The van der Waals surface area contributed by atoms with Gasteiger partial charge < -0.3 is 10.2 Å². The van der Waals surface area contributed by atoms with E-state index in [-0.39, 0.29) is 12.4 Å². The summed E-state index contributed by atoms with van der Waals surface area (Å²) < 4.78 is 0. The van der Waals surface area contributed by atoms with Crippen molar-refractivity contribution in [1.82, 2.24) is 10.2 Å². The minimum atomic E-state index is 0. The summed E-state index contributed by atoms with van der Waals surface area (Å²) in [5, 5.41) is 3.43. The number of rotatable bonds is 2. The van der Waals surface area contributed by atoms with E-state index in [1.165, 1.54) is 51.4 Å². The Morgan fingerprint density at radius 2 is 1.95 bits per heavy atom. The molecule has 2 saturated heterocycles. The van der Waals surface area contributed by atoms with E-state index < -0.39 is 0 Å². The van der Waals surface area contributed by atoms with Gasteiger partial charge in [-0.05, 0) is 44.1 Å². The summed E-state index contributed by atoms with van der Waals surface area (Å²) >= 11 is 0. The molecular formula is C15H27ClN2O. The topological polar surface area (TPSA) is 32.3 Å². The van der Waals surface area contributed by atoms with E-state index in [0.717, 1.165) is 26.1 Å². The van der Waals surface area contributed by atoms with E-state index >= 15 is 0 Å². The van der Waals surface area contributed by atoms with E-state index in [4.69, 9.17) is 0 Å². The normalized spacial score (nSPS) is 29.5. The number of hydrogen-bond donors (Lipinski definition) is 1. The molecule has 1 N–H and O–H groups in total. The van der Waals surface area contributed by atoms with Crippen LogP contribution in [0.1, 0.15) is 57.8 Å². The van der Waals surface area contributed by atoms with E-state index in [1.54, 1.807) is 0 Å². The maximum atomic E-state index is 12.3. The zero-order valence-corrected chi connectivity index (χ0v) is 12.6. The van der Waals surface area contributed by atoms with Gasteiger partial charge in [-0.3, -0.25) is 4.79 Å². The van der Waals surface area contributed by atoms with Crippen molar-refractivity contribution in [1.29, 1.82) is 0 Å². The summed E-state index contributed by atoms with van der Waals surface area (Å²) in [5.41, 5.74) is 0.511. The lowest BCUT2D eigenvalue weighted by molar-refractivity contribution is -0.131. The molecule has 0 aromatic carbocycles. The van der Waals surface area contributed by atoms with Crippen molar-refractivity contribution in [2.24, 2.45) is 5.41 Å². The Labute approximate surface area is 122 Å². The van der Waals surface area contributed by atoms with Crippen molar-refractivity contribution in [3.8, 4) is 0 Å². The molecular weight excluding hydrogens is 260 g/mol. The summed E-state index contributed by atoms with van der Waals surface area (Å²) in [6.45, 7) is 3.17. The lowest BCUT2D eigenvalue weighted by Crippen LogP contribution is -2.36. The smallest absolute Gasteiger partial charge is 0.224 e. The molecule has 0 radical (unpaired) electrons. The molecule has 2 aliphatic heterocycles. The Morgan fingerprint density at radius 1 is 1.16 bits per heavy atom. The molecule has 1 aliphatic carbocycles. The van der Waals surface area contributed by atoms with Crippen LogP contribution in [0.25, 0.3) is 0 Å². The van der Waals surface area contributed by atoms with Gasteiger partial charge in [0.05, 0.1) is 0 Å². The SMILES string of the molecule is Cl.O=C(CC1CCCN1)N1CCC2(CCCCC2)C1. The van der Waals surface area contributed by atoms with Gasteiger partial charge in [0.1, 0.15) is 0 Å². The zero-order chi connectivity index (χ0) is 12.4. The lowest BCUT2D eigenvalue weighted by atomic mass is 9.73. The molecule has 19 heavy (non-hydrogen) atoms. The maximum absolute atomic E-state index is 12.3. The van der Waals surface area contributed by atoms with Crippen LogP contribution >= 0.6 is 12.4 Å². The molecule has 1 atom stereocenters. The first-order chi connectivity index (χ1) is 8.77. The first kappa shape index (κ1) is 15.1. The van der Waals surface area contributed by atoms with E-state index in [2.05, 4.69) is 10.2 Å². The summed E-state index contributed by atoms with van der Waals surface area (Å²) in [5.74, 6) is 0.400. The average molecular weight is 287 g/mol. The van der Waals surface area contributed by atoms with Crippen LogP contribution in [0.15, 0.2) is 0 Å². The summed E-state index contributed by atoms with van der Waals surface area (Å²) in [4.78, 5) is 14.5. The van der Waals surface area contributed by atoms with Crippen LogP contribution in [0, 0.1) is 5.41 Å². The molecule has 2 heterocycles. The van der Waals surface area contributed by atoms with Crippen molar-refractivity contribution >= 4 is 18.3 Å². The third kappa shape index (κ3) is 3.43. The van der Waals surface area contributed by atoms with E-state index in [1.807, 2.05) is 0 Å². The Balaban J connectivity index is 0.00000133. The largest absolute Gasteiger partial charge is 0.342 e. The van der Waals surface area contributed by atoms with Gasteiger partial charge in [0.2, 0.25) is 5.91 Å². The van der Waals surface area contributed by atoms with Gasteiger partial charge in [-0.1, -0.05) is 19.3 Å². The van der Waals surface area contributed by atoms with Gasteiger partial charge in [0, 0.05) is 25.6 Å². The standard InChI is InChI=1S/C15H26N2O.ClH/c18-14(11-13-5-4-9-16-13)17-10-8-15(12-17)6-2-1-3-7-15;/h13,16H,1-12H2;1H. The fourth-order valence-corrected chi connectivity index (χ4v) is 4.13. The summed E-state index contributed by atoms with van der Waals surface area (Å²) in [7, 11) is 0. The van der Waals surface area contributed by atoms with Crippen molar-refractivity contribution in [3.05, 3.63) is 0 Å². The van der Waals surface area contributed by atoms with Crippen LogP contribution in [0.2, 0.25) is 0 Å². The third-order valence-corrected chi connectivity index (χ3v) is 5.29. The highest BCUT2D eigenvalue weighted by molar-refractivity contribution is 5.85. The number of nitrogens with zero attached hydrogens (tertiary/aromatic N) is 1. The van der Waals surface area contributed by atoms with Crippen LogP contribution in [-0.2, 0) is 4.79 Å². The molecule has 3 aliphatic rings. The number of carbonyl (C=O) groups excluding carboxylic acids is 1. The Kier molecular flexibility index (Phi) is 5.13. The number of carbonyl (C=O) groups is 1. The molecule has 1 unspecified atom stereocenters. The highest BCUT2D eigenvalue weighted by Gasteiger charge is 2.40. The Hall–Kier alpha value is -0.280. The first-order valence-electron chi connectivity index (χ1n) is 7.79. The second-order valence-corrected chi connectivity index (χ2v) is 6.62. The Bertz CT molecular complexity index is 309. The van der Waals surface area contributed by atoms with Crippen LogP contribution < -0.4 is 5.32 Å².